The lowest BCUT2D eigenvalue weighted by Crippen LogP contribution is -2.00. The van der Waals surface area contributed by atoms with Gasteiger partial charge in [0.25, 0.3) is 0 Å². The van der Waals surface area contributed by atoms with Crippen LogP contribution in [0.1, 0.15) is 11.1 Å². The summed E-state index contributed by atoms with van der Waals surface area (Å²) in [4.78, 5) is 0. The van der Waals surface area contributed by atoms with Crippen LogP contribution in [0.15, 0.2) is 34.8 Å². The SMILES string of the molecule is Cc1ccc(Oc2ccc(CN)c(Br)c2F)c(Cl)c1. The summed E-state index contributed by atoms with van der Waals surface area (Å²) in [5, 5.41) is 0.443. The molecule has 0 aliphatic heterocycles. The second-order valence-electron chi connectivity index (χ2n) is 4.09. The normalized spacial score (nSPS) is 10.6. The Hall–Kier alpha value is -1.10. The lowest BCUT2D eigenvalue weighted by Gasteiger charge is -2.11. The van der Waals surface area contributed by atoms with E-state index in [0.717, 1.165) is 5.56 Å². The molecule has 0 amide bonds. The summed E-state index contributed by atoms with van der Waals surface area (Å²) in [5.74, 6) is 0.0352. The quantitative estimate of drug-likeness (QED) is 0.868. The van der Waals surface area contributed by atoms with Gasteiger partial charge in [0.15, 0.2) is 11.6 Å². The minimum atomic E-state index is -0.486. The van der Waals surface area contributed by atoms with Gasteiger partial charge in [-0.2, -0.15) is 0 Å². The highest BCUT2D eigenvalue weighted by atomic mass is 79.9. The molecule has 0 aromatic heterocycles. The molecule has 0 atom stereocenters. The van der Waals surface area contributed by atoms with Crippen LogP contribution in [-0.4, -0.2) is 0 Å². The van der Waals surface area contributed by atoms with Crippen LogP contribution in [0.5, 0.6) is 11.5 Å². The zero-order valence-electron chi connectivity index (χ0n) is 10.2. The minimum Gasteiger partial charge on any atom is -0.453 e. The highest BCUT2D eigenvalue weighted by Gasteiger charge is 2.13. The van der Waals surface area contributed by atoms with E-state index in [-0.39, 0.29) is 12.3 Å². The largest absolute Gasteiger partial charge is 0.453 e. The van der Waals surface area contributed by atoms with Gasteiger partial charge in [0, 0.05) is 6.54 Å². The van der Waals surface area contributed by atoms with Crippen LogP contribution in [0.3, 0.4) is 0 Å². The summed E-state index contributed by atoms with van der Waals surface area (Å²) < 4.78 is 19.9. The Kier molecular flexibility index (Phi) is 4.45. The van der Waals surface area contributed by atoms with Gasteiger partial charge in [-0.25, -0.2) is 4.39 Å². The molecule has 0 bridgehead atoms. The van der Waals surface area contributed by atoms with E-state index >= 15 is 0 Å². The van der Waals surface area contributed by atoms with Gasteiger partial charge in [-0.3, -0.25) is 0 Å². The van der Waals surface area contributed by atoms with E-state index < -0.39 is 5.82 Å². The molecule has 5 heteroatoms. The zero-order chi connectivity index (χ0) is 14.0. The van der Waals surface area contributed by atoms with E-state index in [4.69, 9.17) is 22.1 Å². The topological polar surface area (TPSA) is 35.2 Å². The Labute approximate surface area is 124 Å². The molecular weight excluding hydrogens is 333 g/mol. The van der Waals surface area contributed by atoms with Crippen molar-refractivity contribution >= 4 is 27.5 Å². The molecule has 0 heterocycles. The van der Waals surface area contributed by atoms with Crippen molar-refractivity contribution in [2.24, 2.45) is 5.73 Å². The van der Waals surface area contributed by atoms with E-state index in [2.05, 4.69) is 15.9 Å². The average Bonchev–Trinajstić information content (AvgIpc) is 2.38. The van der Waals surface area contributed by atoms with Gasteiger partial charge in [-0.1, -0.05) is 23.7 Å². The van der Waals surface area contributed by atoms with Crippen LogP contribution in [0.4, 0.5) is 4.39 Å². The number of rotatable bonds is 3. The Morgan fingerprint density at radius 1 is 1.26 bits per heavy atom. The summed E-state index contributed by atoms with van der Waals surface area (Å²) in [5.41, 5.74) is 7.20. The third kappa shape index (κ3) is 3.08. The number of benzene rings is 2. The first kappa shape index (κ1) is 14.3. The van der Waals surface area contributed by atoms with Crippen LogP contribution in [0.2, 0.25) is 5.02 Å². The average molecular weight is 345 g/mol. The van der Waals surface area contributed by atoms with Crippen LogP contribution in [0, 0.1) is 12.7 Å². The molecule has 2 aromatic carbocycles. The predicted octanol–water partition coefficient (Wildman–Crippen LogP) is 4.80. The maximum absolute atomic E-state index is 14.1. The lowest BCUT2D eigenvalue weighted by molar-refractivity contribution is 0.440. The molecule has 2 N–H and O–H groups in total. The van der Waals surface area contributed by atoms with Gasteiger partial charge in [0.05, 0.1) is 9.50 Å². The smallest absolute Gasteiger partial charge is 0.180 e. The number of halogens is 3. The van der Waals surface area contributed by atoms with E-state index in [1.807, 2.05) is 13.0 Å². The molecule has 0 saturated heterocycles. The monoisotopic (exact) mass is 343 g/mol. The van der Waals surface area contributed by atoms with Crippen molar-refractivity contribution in [1.82, 2.24) is 0 Å². The first-order chi connectivity index (χ1) is 9.02. The summed E-state index contributed by atoms with van der Waals surface area (Å²) in [7, 11) is 0. The molecule has 0 unspecified atom stereocenters. The highest BCUT2D eigenvalue weighted by molar-refractivity contribution is 9.10. The third-order valence-electron chi connectivity index (χ3n) is 2.65. The molecule has 19 heavy (non-hydrogen) atoms. The van der Waals surface area contributed by atoms with E-state index in [1.54, 1.807) is 24.3 Å². The summed E-state index contributed by atoms with van der Waals surface area (Å²) in [6.07, 6.45) is 0. The van der Waals surface area contributed by atoms with Gasteiger partial charge in [0.2, 0.25) is 0 Å². The van der Waals surface area contributed by atoms with Gasteiger partial charge in [-0.15, -0.1) is 0 Å². The van der Waals surface area contributed by atoms with Crippen molar-refractivity contribution in [2.75, 3.05) is 0 Å². The van der Waals surface area contributed by atoms with Crippen LogP contribution < -0.4 is 10.5 Å². The molecule has 0 spiro atoms. The Balaban J connectivity index is 2.36. The first-order valence-corrected chi connectivity index (χ1v) is 6.81. The lowest BCUT2D eigenvalue weighted by atomic mass is 10.2. The Morgan fingerprint density at radius 2 is 1.95 bits per heavy atom. The zero-order valence-corrected chi connectivity index (χ0v) is 12.6. The van der Waals surface area contributed by atoms with E-state index in [0.29, 0.717) is 20.8 Å². The Bertz CT molecular complexity index is 619. The maximum Gasteiger partial charge on any atom is 0.180 e. The van der Waals surface area contributed by atoms with Gasteiger partial charge in [0.1, 0.15) is 5.75 Å². The number of nitrogens with two attached hydrogens (primary N) is 1. The fourth-order valence-corrected chi connectivity index (χ4v) is 2.38. The molecule has 0 aliphatic carbocycles. The van der Waals surface area contributed by atoms with Crippen LogP contribution in [-0.2, 0) is 6.54 Å². The molecule has 2 aromatic rings. The highest BCUT2D eigenvalue weighted by Crippen LogP contribution is 2.34. The summed E-state index contributed by atoms with van der Waals surface area (Å²) in [6.45, 7) is 2.17. The summed E-state index contributed by atoms with van der Waals surface area (Å²) in [6, 6.07) is 8.57. The number of aryl methyl sites for hydroxylation is 1. The van der Waals surface area contributed by atoms with Gasteiger partial charge in [-0.05, 0) is 52.2 Å². The molecule has 0 saturated carbocycles. The number of hydrogen-bond acceptors (Lipinski definition) is 2. The van der Waals surface area contributed by atoms with Gasteiger partial charge < -0.3 is 10.5 Å². The minimum absolute atomic E-state index is 0.106. The van der Waals surface area contributed by atoms with Crippen LogP contribution >= 0.6 is 27.5 Å². The molecule has 100 valence electrons. The standard InChI is InChI=1S/C14H12BrClFNO/c1-8-2-4-11(10(16)6-8)19-12-5-3-9(7-18)13(15)14(12)17/h2-6H,7,18H2,1H3. The Morgan fingerprint density at radius 3 is 2.58 bits per heavy atom. The van der Waals surface area contributed by atoms with Crippen molar-refractivity contribution in [2.45, 2.75) is 13.5 Å². The second kappa shape index (κ2) is 5.90. The van der Waals surface area contributed by atoms with Crippen molar-refractivity contribution < 1.29 is 9.13 Å². The van der Waals surface area contributed by atoms with Crippen molar-refractivity contribution in [3.05, 3.63) is 56.8 Å². The van der Waals surface area contributed by atoms with Crippen molar-refractivity contribution in [1.29, 1.82) is 0 Å². The summed E-state index contributed by atoms with van der Waals surface area (Å²) >= 11 is 9.22. The second-order valence-corrected chi connectivity index (χ2v) is 5.29. The van der Waals surface area contributed by atoms with E-state index in [1.165, 1.54) is 0 Å². The first-order valence-electron chi connectivity index (χ1n) is 5.64. The fraction of sp³-hybridized carbons (Fsp3) is 0.143. The number of hydrogen-bond donors (Lipinski definition) is 1. The molecule has 2 rings (SSSR count). The predicted molar refractivity (Wildman–Crippen MR) is 78.3 cm³/mol. The molecular formula is C14H12BrClFNO. The van der Waals surface area contributed by atoms with Crippen molar-refractivity contribution in [3.63, 3.8) is 0 Å². The maximum atomic E-state index is 14.1. The van der Waals surface area contributed by atoms with E-state index in [9.17, 15) is 4.39 Å². The fourth-order valence-electron chi connectivity index (χ4n) is 1.62. The molecule has 0 aliphatic rings. The molecule has 2 nitrogen and oxygen atoms in total. The molecule has 0 fully saturated rings. The third-order valence-corrected chi connectivity index (χ3v) is 3.81. The van der Waals surface area contributed by atoms with Crippen molar-refractivity contribution in [3.8, 4) is 11.5 Å². The van der Waals surface area contributed by atoms with Gasteiger partial charge >= 0.3 is 0 Å². The van der Waals surface area contributed by atoms with Crippen LogP contribution in [0.25, 0.3) is 0 Å². The molecule has 0 radical (unpaired) electrons. The number of ether oxygens (including phenoxy) is 1.